The minimum Gasteiger partial charge on any atom is -0.389 e. The van der Waals surface area contributed by atoms with E-state index in [4.69, 9.17) is 4.74 Å². The monoisotopic (exact) mass is 209 g/mol. The third kappa shape index (κ3) is 4.81. The summed E-state index contributed by atoms with van der Waals surface area (Å²) < 4.78 is 5.12. The summed E-state index contributed by atoms with van der Waals surface area (Å²) in [5.41, 5.74) is 2.24. The van der Waals surface area contributed by atoms with Gasteiger partial charge < -0.3 is 15.2 Å². The number of benzene rings is 1. The van der Waals surface area contributed by atoms with Crippen LogP contribution in [0.1, 0.15) is 12.5 Å². The zero-order chi connectivity index (χ0) is 11.1. The molecule has 2 N–H and O–H groups in total. The Hall–Kier alpha value is -1.06. The van der Waals surface area contributed by atoms with E-state index >= 15 is 0 Å². The second-order valence-corrected chi connectivity index (χ2v) is 3.56. The molecule has 1 unspecified atom stereocenters. The van der Waals surface area contributed by atoms with E-state index in [-0.39, 0.29) is 0 Å². The minimum atomic E-state index is -0.453. The number of ether oxygens (including phenoxy) is 1. The number of nitrogens with one attached hydrogen (secondary N) is 1. The molecule has 1 atom stereocenters. The van der Waals surface area contributed by atoms with Gasteiger partial charge in [0, 0.05) is 18.8 Å². The molecule has 0 amide bonds. The Kier molecular flexibility index (Phi) is 5.15. The Morgan fingerprint density at radius 3 is 2.93 bits per heavy atom. The number of hydrogen-bond donors (Lipinski definition) is 2. The fourth-order valence-electron chi connectivity index (χ4n) is 1.30. The van der Waals surface area contributed by atoms with Crippen molar-refractivity contribution in [3.8, 4) is 0 Å². The van der Waals surface area contributed by atoms with Crippen molar-refractivity contribution in [2.24, 2.45) is 0 Å². The maximum absolute atomic E-state index is 9.52. The summed E-state index contributed by atoms with van der Waals surface area (Å²) in [5, 5.41) is 12.7. The van der Waals surface area contributed by atoms with Crippen LogP contribution in [0.4, 0.5) is 5.69 Å². The third-order valence-electron chi connectivity index (χ3n) is 2.07. The lowest BCUT2D eigenvalue weighted by Crippen LogP contribution is -2.24. The van der Waals surface area contributed by atoms with Crippen molar-refractivity contribution in [1.29, 1.82) is 0 Å². The number of aliphatic hydroxyl groups excluding tert-OH is 1. The first kappa shape index (κ1) is 12.0. The second-order valence-electron chi connectivity index (χ2n) is 3.56. The Balaban J connectivity index is 2.30. The summed E-state index contributed by atoms with van der Waals surface area (Å²) >= 11 is 0. The number of aliphatic hydroxyl groups is 1. The van der Waals surface area contributed by atoms with Gasteiger partial charge in [0.2, 0.25) is 0 Å². The van der Waals surface area contributed by atoms with Gasteiger partial charge in [0.25, 0.3) is 0 Å². The maximum atomic E-state index is 9.52. The lowest BCUT2D eigenvalue weighted by Gasteiger charge is -2.12. The quantitative estimate of drug-likeness (QED) is 0.750. The van der Waals surface area contributed by atoms with Crippen molar-refractivity contribution in [3.05, 3.63) is 29.8 Å². The van der Waals surface area contributed by atoms with Crippen LogP contribution in [0.3, 0.4) is 0 Å². The van der Waals surface area contributed by atoms with Gasteiger partial charge in [-0.1, -0.05) is 12.1 Å². The van der Waals surface area contributed by atoms with Crippen LogP contribution in [0.5, 0.6) is 0 Å². The number of aryl methyl sites for hydroxylation is 1. The van der Waals surface area contributed by atoms with Crippen LogP contribution in [0.15, 0.2) is 24.3 Å². The van der Waals surface area contributed by atoms with Crippen LogP contribution in [0, 0.1) is 6.92 Å². The molecule has 0 aliphatic rings. The SMILES string of the molecule is CCOCC(O)CNc1cccc(C)c1. The molecule has 3 heteroatoms. The lowest BCUT2D eigenvalue weighted by molar-refractivity contribution is 0.0496. The van der Waals surface area contributed by atoms with E-state index in [0.29, 0.717) is 19.8 Å². The van der Waals surface area contributed by atoms with E-state index < -0.39 is 6.10 Å². The van der Waals surface area contributed by atoms with Crippen LogP contribution < -0.4 is 5.32 Å². The summed E-state index contributed by atoms with van der Waals surface area (Å²) in [5.74, 6) is 0. The highest BCUT2D eigenvalue weighted by molar-refractivity contribution is 5.45. The van der Waals surface area contributed by atoms with Gasteiger partial charge in [-0.25, -0.2) is 0 Å². The van der Waals surface area contributed by atoms with Gasteiger partial charge >= 0.3 is 0 Å². The summed E-state index contributed by atoms with van der Waals surface area (Å²) in [4.78, 5) is 0. The topological polar surface area (TPSA) is 41.5 Å². The molecule has 84 valence electrons. The number of anilines is 1. The summed E-state index contributed by atoms with van der Waals surface area (Å²) in [6, 6.07) is 8.07. The molecule has 1 aromatic carbocycles. The van der Waals surface area contributed by atoms with Crippen molar-refractivity contribution >= 4 is 5.69 Å². The number of rotatable bonds is 6. The molecule has 0 heterocycles. The van der Waals surface area contributed by atoms with Crippen molar-refractivity contribution in [2.75, 3.05) is 25.1 Å². The highest BCUT2D eigenvalue weighted by Gasteiger charge is 2.02. The van der Waals surface area contributed by atoms with Crippen molar-refractivity contribution in [1.82, 2.24) is 0 Å². The Bertz CT molecular complexity index is 289. The Labute approximate surface area is 91.1 Å². The molecule has 0 spiro atoms. The van der Waals surface area contributed by atoms with Gasteiger partial charge in [0.15, 0.2) is 0 Å². The minimum absolute atomic E-state index is 0.384. The van der Waals surface area contributed by atoms with Crippen LogP contribution in [0.2, 0.25) is 0 Å². The maximum Gasteiger partial charge on any atom is 0.0945 e. The molecule has 15 heavy (non-hydrogen) atoms. The first-order valence-electron chi connectivity index (χ1n) is 5.28. The van der Waals surface area contributed by atoms with Gasteiger partial charge in [0.1, 0.15) is 0 Å². The smallest absolute Gasteiger partial charge is 0.0945 e. The molecule has 0 radical (unpaired) electrons. The highest BCUT2D eigenvalue weighted by Crippen LogP contribution is 2.09. The summed E-state index contributed by atoms with van der Waals surface area (Å²) in [7, 11) is 0. The van der Waals surface area contributed by atoms with E-state index in [0.717, 1.165) is 5.69 Å². The highest BCUT2D eigenvalue weighted by atomic mass is 16.5. The van der Waals surface area contributed by atoms with E-state index in [1.165, 1.54) is 5.56 Å². The average Bonchev–Trinajstić information content (AvgIpc) is 2.23. The predicted molar refractivity (Wildman–Crippen MR) is 62.2 cm³/mol. The van der Waals surface area contributed by atoms with Gasteiger partial charge in [-0.15, -0.1) is 0 Å². The molecule has 1 aromatic rings. The van der Waals surface area contributed by atoms with Crippen molar-refractivity contribution in [3.63, 3.8) is 0 Å². The Morgan fingerprint density at radius 1 is 1.47 bits per heavy atom. The second kappa shape index (κ2) is 6.43. The van der Waals surface area contributed by atoms with Gasteiger partial charge in [-0.05, 0) is 31.5 Å². The Morgan fingerprint density at radius 2 is 2.27 bits per heavy atom. The van der Waals surface area contributed by atoms with Crippen LogP contribution >= 0.6 is 0 Å². The fourth-order valence-corrected chi connectivity index (χ4v) is 1.30. The van der Waals surface area contributed by atoms with Gasteiger partial charge in [0.05, 0.1) is 12.7 Å². The van der Waals surface area contributed by atoms with Crippen molar-refractivity contribution < 1.29 is 9.84 Å². The van der Waals surface area contributed by atoms with Gasteiger partial charge in [-0.2, -0.15) is 0 Å². The molecule has 1 rings (SSSR count). The molecule has 0 aliphatic carbocycles. The van der Waals surface area contributed by atoms with Gasteiger partial charge in [-0.3, -0.25) is 0 Å². The standard InChI is InChI=1S/C12H19NO2/c1-3-15-9-12(14)8-13-11-6-4-5-10(2)7-11/h4-7,12-14H,3,8-9H2,1-2H3. The van der Waals surface area contributed by atoms with E-state index in [2.05, 4.69) is 5.32 Å². The molecule has 3 nitrogen and oxygen atoms in total. The number of hydrogen-bond acceptors (Lipinski definition) is 3. The molecule has 0 bridgehead atoms. The summed E-state index contributed by atoms with van der Waals surface area (Å²) in [6.07, 6.45) is -0.453. The largest absolute Gasteiger partial charge is 0.389 e. The van der Waals surface area contributed by atoms with Crippen LogP contribution in [0.25, 0.3) is 0 Å². The molecular weight excluding hydrogens is 190 g/mol. The molecule has 0 fully saturated rings. The van der Waals surface area contributed by atoms with E-state index in [1.807, 2.05) is 38.1 Å². The zero-order valence-electron chi connectivity index (χ0n) is 9.36. The first-order chi connectivity index (χ1) is 7.22. The lowest BCUT2D eigenvalue weighted by atomic mass is 10.2. The van der Waals surface area contributed by atoms with Crippen molar-refractivity contribution in [2.45, 2.75) is 20.0 Å². The fraction of sp³-hybridized carbons (Fsp3) is 0.500. The summed E-state index contributed by atoms with van der Waals surface area (Å²) in [6.45, 7) is 5.50. The normalized spacial score (nSPS) is 12.5. The average molecular weight is 209 g/mol. The van der Waals surface area contributed by atoms with E-state index in [9.17, 15) is 5.11 Å². The first-order valence-corrected chi connectivity index (χ1v) is 5.28. The van der Waals surface area contributed by atoms with Crippen LogP contribution in [-0.4, -0.2) is 31.0 Å². The third-order valence-corrected chi connectivity index (χ3v) is 2.07. The molecule has 0 saturated carbocycles. The molecule has 0 aromatic heterocycles. The van der Waals surface area contributed by atoms with Crippen LogP contribution in [-0.2, 0) is 4.74 Å². The van der Waals surface area contributed by atoms with E-state index in [1.54, 1.807) is 0 Å². The molecule has 0 saturated heterocycles. The zero-order valence-corrected chi connectivity index (χ0v) is 9.36. The molecular formula is C12H19NO2. The predicted octanol–water partition coefficient (Wildman–Crippen LogP) is 1.80. The molecule has 0 aliphatic heterocycles.